The van der Waals surface area contributed by atoms with Gasteiger partial charge < -0.3 is 9.64 Å². The van der Waals surface area contributed by atoms with Crippen LogP contribution in [0.2, 0.25) is 0 Å². The van der Waals surface area contributed by atoms with E-state index in [2.05, 4.69) is 22.0 Å². The third kappa shape index (κ3) is 2.77. The third-order valence-corrected chi connectivity index (χ3v) is 4.35. The minimum Gasteiger partial charge on any atom is -0.453 e. The second kappa shape index (κ2) is 5.79. The number of pyridine rings is 1. The molecular weight excluding hydrogens is 254 g/mol. The molecule has 1 aromatic heterocycles. The number of fused-ring (bicyclic) bond motifs is 4. The molecule has 3 saturated heterocycles. The fraction of sp³-hybridized carbons (Fsp3) is 0.600. The van der Waals surface area contributed by atoms with Crippen molar-refractivity contribution >= 4 is 6.09 Å². The van der Waals surface area contributed by atoms with Crippen molar-refractivity contribution in [1.82, 2.24) is 14.8 Å². The van der Waals surface area contributed by atoms with Crippen LogP contribution in [0.15, 0.2) is 24.5 Å². The monoisotopic (exact) mass is 275 g/mol. The molecule has 2 atom stereocenters. The average molecular weight is 275 g/mol. The van der Waals surface area contributed by atoms with Crippen molar-refractivity contribution in [3.8, 4) is 0 Å². The van der Waals surface area contributed by atoms with Crippen molar-refractivity contribution in [2.75, 3.05) is 26.7 Å². The van der Waals surface area contributed by atoms with Crippen LogP contribution in [-0.2, 0) is 11.3 Å². The molecule has 108 valence electrons. The van der Waals surface area contributed by atoms with Gasteiger partial charge in [0, 0.05) is 44.6 Å². The number of piperidine rings is 1. The molecule has 0 spiro atoms. The molecule has 3 fully saturated rings. The zero-order valence-corrected chi connectivity index (χ0v) is 11.9. The number of carbonyl (C=O) groups is 1. The topological polar surface area (TPSA) is 45.7 Å². The second-order valence-corrected chi connectivity index (χ2v) is 5.77. The summed E-state index contributed by atoms with van der Waals surface area (Å²) in [5.41, 5.74) is 1.28. The summed E-state index contributed by atoms with van der Waals surface area (Å²) in [7, 11) is 1.47. The van der Waals surface area contributed by atoms with Gasteiger partial charge in [-0.15, -0.1) is 0 Å². The molecule has 4 heterocycles. The lowest BCUT2D eigenvalue weighted by Crippen LogP contribution is -2.47. The maximum absolute atomic E-state index is 11.9. The number of hydrogen-bond donors (Lipinski definition) is 0. The van der Waals surface area contributed by atoms with E-state index >= 15 is 0 Å². The van der Waals surface area contributed by atoms with Crippen molar-refractivity contribution in [2.24, 2.45) is 5.92 Å². The maximum atomic E-state index is 11.9. The Morgan fingerprint density at radius 2 is 2.10 bits per heavy atom. The van der Waals surface area contributed by atoms with E-state index in [1.165, 1.54) is 19.1 Å². The molecule has 5 nitrogen and oxygen atoms in total. The van der Waals surface area contributed by atoms with E-state index in [9.17, 15) is 4.79 Å². The number of ether oxygens (including phenoxy) is 1. The van der Waals surface area contributed by atoms with Crippen LogP contribution in [0.25, 0.3) is 0 Å². The summed E-state index contributed by atoms with van der Waals surface area (Å²) < 4.78 is 4.91. The van der Waals surface area contributed by atoms with E-state index in [-0.39, 0.29) is 6.09 Å². The molecule has 3 aliphatic heterocycles. The Morgan fingerprint density at radius 1 is 1.30 bits per heavy atom. The summed E-state index contributed by atoms with van der Waals surface area (Å²) in [5, 5.41) is 0. The van der Waals surface area contributed by atoms with E-state index in [1.54, 1.807) is 0 Å². The number of methoxy groups -OCH3 is 1. The largest absolute Gasteiger partial charge is 0.453 e. The van der Waals surface area contributed by atoms with Gasteiger partial charge in [-0.25, -0.2) is 4.79 Å². The highest BCUT2D eigenvalue weighted by Crippen LogP contribution is 2.29. The van der Waals surface area contributed by atoms with Crippen LogP contribution in [0.3, 0.4) is 0 Å². The van der Waals surface area contributed by atoms with Gasteiger partial charge in [-0.1, -0.05) is 0 Å². The zero-order valence-electron chi connectivity index (χ0n) is 11.9. The Hall–Kier alpha value is -1.62. The average Bonchev–Trinajstić information content (AvgIpc) is 2.77. The van der Waals surface area contributed by atoms with Gasteiger partial charge in [0.1, 0.15) is 0 Å². The number of carbonyl (C=O) groups excluding carboxylic acids is 1. The zero-order chi connectivity index (χ0) is 13.9. The van der Waals surface area contributed by atoms with E-state index < -0.39 is 0 Å². The first kappa shape index (κ1) is 13.4. The molecule has 2 bridgehead atoms. The van der Waals surface area contributed by atoms with Gasteiger partial charge in [-0.05, 0) is 36.5 Å². The number of hydrogen-bond acceptors (Lipinski definition) is 4. The van der Waals surface area contributed by atoms with Gasteiger partial charge in [-0.3, -0.25) is 9.88 Å². The van der Waals surface area contributed by atoms with Crippen LogP contribution in [0.4, 0.5) is 4.79 Å². The van der Waals surface area contributed by atoms with Crippen molar-refractivity contribution in [3.05, 3.63) is 30.1 Å². The fourth-order valence-corrected chi connectivity index (χ4v) is 3.40. The lowest BCUT2D eigenvalue weighted by molar-refractivity contribution is 0.0833. The Kier molecular flexibility index (Phi) is 3.87. The summed E-state index contributed by atoms with van der Waals surface area (Å²) in [6, 6.07) is 4.42. The molecule has 5 heteroatoms. The quantitative estimate of drug-likeness (QED) is 0.825. The fourth-order valence-electron chi connectivity index (χ4n) is 3.40. The van der Waals surface area contributed by atoms with Crippen molar-refractivity contribution in [3.63, 3.8) is 0 Å². The molecule has 4 rings (SSSR count). The van der Waals surface area contributed by atoms with Crippen LogP contribution >= 0.6 is 0 Å². The van der Waals surface area contributed by atoms with Gasteiger partial charge in [0.05, 0.1) is 7.11 Å². The van der Waals surface area contributed by atoms with E-state index in [0.717, 1.165) is 32.6 Å². The molecule has 0 N–H and O–H groups in total. The molecule has 20 heavy (non-hydrogen) atoms. The SMILES string of the molecule is COC(=O)N1C[C@H]2CC[C@@H]1CN(Cc1ccncc1)C2. The number of rotatable bonds is 2. The number of aromatic nitrogens is 1. The van der Waals surface area contributed by atoms with E-state index in [1.807, 2.05) is 17.3 Å². The highest BCUT2D eigenvalue weighted by atomic mass is 16.5. The first-order valence-corrected chi connectivity index (χ1v) is 7.22. The smallest absolute Gasteiger partial charge is 0.409 e. The summed E-state index contributed by atoms with van der Waals surface area (Å²) in [6.07, 6.45) is 5.80. The summed E-state index contributed by atoms with van der Waals surface area (Å²) in [4.78, 5) is 20.3. The molecule has 0 saturated carbocycles. The third-order valence-electron chi connectivity index (χ3n) is 4.35. The molecular formula is C15H21N3O2. The summed E-state index contributed by atoms with van der Waals surface area (Å²) >= 11 is 0. The summed E-state index contributed by atoms with van der Waals surface area (Å²) in [6.45, 7) is 3.77. The molecule has 1 amide bonds. The summed E-state index contributed by atoms with van der Waals surface area (Å²) in [5.74, 6) is 0.565. The van der Waals surface area contributed by atoms with Crippen molar-refractivity contribution < 1.29 is 9.53 Å². The Bertz CT molecular complexity index is 465. The molecule has 0 radical (unpaired) electrons. The highest BCUT2D eigenvalue weighted by Gasteiger charge is 2.37. The Labute approximate surface area is 119 Å². The molecule has 0 unspecified atom stereocenters. The molecule has 1 aromatic rings. The standard InChI is InChI=1S/C15H21N3O2/c1-20-15(19)18-10-13-2-3-14(18)11-17(9-13)8-12-4-6-16-7-5-12/h4-7,13-14H,2-3,8-11H2,1H3/t13-,14+/m0/s1. The lowest BCUT2D eigenvalue weighted by Gasteiger charge is -2.34. The van der Waals surface area contributed by atoms with Crippen LogP contribution < -0.4 is 0 Å². The maximum Gasteiger partial charge on any atom is 0.409 e. The molecule has 0 aromatic carbocycles. The van der Waals surface area contributed by atoms with Crippen LogP contribution in [0.5, 0.6) is 0 Å². The van der Waals surface area contributed by atoms with Crippen LogP contribution in [-0.4, -0.2) is 53.7 Å². The van der Waals surface area contributed by atoms with Crippen molar-refractivity contribution in [1.29, 1.82) is 0 Å². The number of amides is 1. The van der Waals surface area contributed by atoms with Gasteiger partial charge in [0.15, 0.2) is 0 Å². The lowest BCUT2D eigenvalue weighted by atomic mass is 9.95. The van der Waals surface area contributed by atoms with Gasteiger partial charge in [0.25, 0.3) is 0 Å². The Morgan fingerprint density at radius 3 is 2.85 bits per heavy atom. The van der Waals surface area contributed by atoms with Crippen LogP contribution in [0, 0.1) is 5.92 Å². The molecule has 3 aliphatic rings. The molecule has 0 aliphatic carbocycles. The van der Waals surface area contributed by atoms with E-state index in [0.29, 0.717) is 12.0 Å². The van der Waals surface area contributed by atoms with Gasteiger partial charge in [0.2, 0.25) is 0 Å². The Balaban J connectivity index is 1.70. The van der Waals surface area contributed by atoms with Crippen LogP contribution in [0.1, 0.15) is 18.4 Å². The number of nitrogens with zero attached hydrogens (tertiary/aromatic N) is 3. The minimum atomic E-state index is -0.175. The highest BCUT2D eigenvalue weighted by molar-refractivity contribution is 5.68. The minimum absolute atomic E-state index is 0.175. The second-order valence-electron chi connectivity index (χ2n) is 5.77. The van der Waals surface area contributed by atoms with Crippen molar-refractivity contribution in [2.45, 2.75) is 25.4 Å². The predicted molar refractivity (Wildman–Crippen MR) is 75.1 cm³/mol. The first-order chi connectivity index (χ1) is 9.76. The predicted octanol–water partition coefficient (Wildman–Crippen LogP) is 1.74. The first-order valence-electron chi connectivity index (χ1n) is 7.22. The van der Waals surface area contributed by atoms with Gasteiger partial charge >= 0.3 is 6.09 Å². The van der Waals surface area contributed by atoms with E-state index in [4.69, 9.17) is 4.74 Å². The normalized spacial score (nSPS) is 26.4. The van der Waals surface area contributed by atoms with Gasteiger partial charge in [-0.2, -0.15) is 0 Å².